The molecule has 0 saturated carbocycles. The molecule has 21 heavy (non-hydrogen) atoms. The highest BCUT2D eigenvalue weighted by molar-refractivity contribution is 9.11. The molecule has 0 bridgehead atoms. The first-order chi connectivity index (χ1) is 10.1. The third-order valence-corrected chi connectivity index (χ3v) is 3.93. The van der Waals surface area contributed by atoms with Gasteiger partial charge < -0.3 is 10.1 Å². The lowest BCUT2D eigenvalue weighted by Crippen LogP contribution is -2.04. The Morgan fingerprint density at radius 2 is 2.10 bits per heavy atom. The minimum atomic E-state index is -0.537. The van der Waals surface area contributed by atoms with Gasteiger partial charge in [-0.2, -0.15) is 5.26 Å². The smallest absolute Gasteiger partial charge is 0.143 e. The van der Waals surface area contributed by atoms with Gasteiger partial charge in [0.1, 0.15) is 23.2 Å². The van der Waals surface area contributed by atoms with Crippen molar-refractivity contribution in [3.8, 4) is 11.8 Å². The highest BCUT2D eigenvalue weighted by Crippen LogP contribution is 2.33. The number of anilines is 1. The fraction of sp³-hybridized carbons (Fsp3) is 0.133. The number of methoxy groups -OCH3 is 1. The molecular formula is C15H11Br2FN2O. The van der Waals surface area contributed by atoms with Crippen LogP contribution in [0.5, 0.6) is 5.75 Å². The predicted octanol–water partition coefficient (Wildman–Crippen LogP) is 4.84. The van der Waals surface area contributed by atoms with Crippen molar-refractivity contribution in [2.75, 3.05) is 12.4 Å². The van der Waals surface area contributed by atoms with Gasteiger partial charge in [-0.15, -0.1) is 0 Å². The molecule has 0 amide bonds. The summed E-state index contributed by atoms with van der Waals surface area (Å²) in [6.07, 6.45) is 0. The van der Waals surface area contributed by atoms with E-state index in [1.807, 2.05) is 18.2 Å². The Morgan fingerprint density at radius 3 is 2.76 bits per heavy atom. The molecule has 2 aromatic carbocycles. The zero-order valence-corrected chi connectivity index (χ0v) is 14.3. The summed E-state index contributed by atoms with van der Waals surface area (Å²) < 4.78 is 20.6. The normalized spacial score (nSPS) is 10.0. The van der Waals surface area contributed by atoms with Crippen molar-refractivity contribution in [1.82, 2.24) is 0 Å². The molecule has 0 aliphatic heterocycles. The van der Waals surface area contributed by atoms with Crippen LogP contribution in [-0.2, 0) is 6.54 Å². The minimum Gasteiger partial charge on any atom is -0.495 e. The van der Waals surface area contributed by atoms with E-state index in [1.165, 1.54) is 6.07 Å². The lowest BCUT2D eigenvalue weighted by Gasteiger charge is -2.13. The fourth-order valence-corrected chi connectivity index (χ4v) is 3.42. The maximum Gasteiger partial charge on any atom is 0.143 e. The van der Waals surface area contributed by atoms with Gasteiger partial charge in [0.25, 0.3) is 0 Å². The first-order valence-electron chi connectivity index (χ1n) is 6.01. The van der Waals surface area contributed by atoms with Crippen molar-refractivity contribution < 1.29 is 9.13 Å². The van der Waals surface area contributed by atoms with Crippen LogP contribution < -0.4 is 10.1 Å². The molecule has 0 radical (unpaired) electrons. The summed E-state index contributed by atoms with van der Waals surface area (Å²) in [6, 6.07) is 10.1. The summed E-state index contributed by atoms with van der Waals surface area (Å²) in [5.41, 5.74) is 1.34. The quantitative estimate of drug-likeness (QED) is 0.779. The van der Waals surface area contributed by atoms with Gasteiger partial charge in [0, 0.05) is 16.6 Å². The van der Waals surface area contributed by atoms with E-state index in [9.17, 15) is 4.39 Å². The Bertz CT molecular complexity index is 714. The topological polar surface area (TPSA) is 45.0 Å². The molecule has 0 saturated heterocycles. The standard InChI is InChI=1S/C15H11Br2FN2O/c1-21-15-9(5-10(16)6-12(15)17)8-20-14-4-2-3-13(18)11(14)7-19/h2-6,20H,8H2,1H3. The van der Waals surface area contributed by atoms with Crippen molar-refractivity contribution in [2.24, 2.45) is 0 Å². The lowest BCUT2D eigenvalue weighted by molar-refractivity contribution is 0.407. The maximum absolute atomic E-state index is 13.5. The molecule has 0 spiro atoms. The molecule has 2 rings (SSSR count). The SMILES string of the molecule is COc1c(Br)cc(Br)cc1CNc1cccc(F)c1C#N. The number of halogens is 3. The van der Waals surface area contributed by atoms with Gasteiger partial charge in [0.2, 0.25) is 0 Å². The summed E-state index contributed by atoms with van der Waals surface area (Å²) in [5.74, 6) is 0.158. The largest absolute Gasteiger partial charge is 0.495 e. The first-order valence-corrected chi connectivity index (χ1v) is 7.59. The summed E-state index contributed by atoms with van der Waals surface area (Å²) in [7, 11) is 1.58. The van der Waals surface area contributed by atoms with Gasteiger partial charge in [-0.3, -0.25) is 0 Å². The molecule has 6 heteroatoms. The molecule has 0 heterocycles. The number of hydrogen-bond donors (Lipinski definition) is 1. The van der Waals surface area contributed by atoms with Crippen LogP contribution in [0, 0.1) is 17.1 Å². The molecule has 0 aliphatic carbocycles. The molecule has 2 aromatic rings. The van der Waals surface area contributed by atoms with Crippen LogP contribution >= 0.6 is 31.9 Å². The van der Waals surface area contributed by atoms with Gasteiger partial charge in [-0.05, 0) is 40.2 Å². The van der Waals surface area contributed by atoms with Gasteiger partial charge in [-0.25, -0.2) is 4.39 Å². The van der Waals surface area contributed by atoms with E-state index < -0.39 is 5.82 Å². The summed E-state index contributed by atoms with van der Waals surface area (Å²) in [6.45, 7) is 0.402. The molecular weight excluding hydrogens is 403 g/mol. The van der Waals surface area contributed by atoms with E-state index in [4.69, 9.17) is 10.00 Å². The molecule has 0 aliphatic rings. The number of ether oxygens (including phenoxy) is 1. The van der Waals surface area contributed by atoms with Crippen molar-refractivity contribution >= 4 is 37.5 Å². The van der Waals surface area contributed by atoms with Crippen LogP contribution in [0.4, 0.5) is 10.1 Å². The van der Waals surface area contributed by atoms with Crippen LogP contribution in [0.3, 0.4) is 0 Å². The molecule has 0 unspecified atom stereocenters. The fourth-order valence-electron chi connectivity index (χ4n) is 1.95. The third-order valence-electron chi connectivity index (χ3n) is 2.88. The van der Waals surface area contributed by atoms with Crippen LogP contribution in [0.1, 0.15) is 11.1 Å². The van der Waals surface area contributed by atoms with Crippen molar-refractivity contribution in [1.29, 1.82) is 5.26 Å². The molecule has 0 aromatic heterocycles. The van der Waals surface area contributed by atoms with Crippen LogP contribution in [0.2, 0.25) is 0 Å². The van der Waals surface area contributed by atoms with Gasteiger partial charge >= 0.3 is 0 Å². The summed E-state index contributed by atoms with van der Waals surface area (Å²) in [5, 5.41) is 12.1. The average molecular weight is 414 g/mol. The van der Waals surface area contributed by atoms with E-state index >= 15 is 0 Å². The number of nitrogens with one attached hydrogen (secondary N) is 1. The maximum atomic E-state index is 13.5. The molecule has 0 atom stereocenters. The van der Waals surface area contributed by atoms with Crippen molar-refractivity contribution in [3.05, 3.63) is 56.2 Å². The van der Waals surface area contributed by atoms with E-state index in [0.29, 0.717) is 18.0 Å². The van der Waals surface area contributed by atoms with E-state index in [1.54, 1.807) is 19.2 Å². The monoisotopic (exact) mass is 412 g/mol. The second-order valence-corrected chi connectivity index (χ2v) is 5.98. The second-order valence-electron chi connectivity index (χ2n) is 4.21. The predicted molar refractivity (Wildman–Crippen MR) is 86.8 cm³/mol. The number of benzene rings is 2. The average Bonchev–Trinajstić information content (AvgIpc) is 2.44. The van der Waals surface area contributed by atoms with E-state index in [-0.39, 0.29) is 5.56 Å². The van der Waals surface area contributed by atoms with E-state index in [0.717, 1.165) is 14.5 Å². The summed E-state index contributed by atoms with van der Waals surface area (Å²) >= 11 is 6.85. The van der Waals surface area contributed by atoms with Crippen LogP contribution in [0.25, 0.3) is 0 Å². The van der Waals surface area contributed by atoms with Crippen LogP contribution in [0.15, 0.2) is 39.3 Å². The Labute approximate surface area is 139 Å². The highest BCUT2D eigenvalue weighted by atomic mass is 79.9. The zero-order valence-electron chi connectivity index (χ0n) is 11.1. The zero-order chi connectivity index (χ0) is 15.4. The van der Waals surface area contributed by atoms with Crippen LogP contribution in [-0.4, -0.2) is 7.11 Å². The number of hydrogen-bond acceptors (Lipinski definition) is 3. The highest BCUT2D eigenvalue weighted by Gasteiger charge is 2.11. The molecule has 0 fully saturated rings. The Morgan fingerprint density at radius 1 is 1.33 bits per heavy atom. The van der Waals surface area contributed by atoms with Gasteiger partial charge in [0.15, 0.2) is 0 Å². The minimum absolute atomic E-state index is 0.00512. The van der Waals surface area contributed by atoms with Gasteiger partial charge in [-0.1, -0.05) is 22.0 Å². The lowest BCUT2D eigenvalue weighted by atomic mass is 10.1. The summed E-state index contributed by atoms with van der Waals surface area (Å²) in [4.78, 5) is 0. The molecule has 108 valence electrons. The molecule has 1 N–H and O–H groups in total. The van der Waals surface area contributed by atoms with Crippen molar-refractivity contribution in [3.63, 3.8) is 0 Å². The molecule has 3 nitrogen and oxygen atoms in total. The Hall–Kier alpha value is -1.58. The Balaban J connectivity index is 2.29. The number of rotatable bonds is 4. The van der Waals surface area contributed by atoms with Gasteiger partial charge in [0.05, 0.1) is 17.3 Å². The second kappa shape index (κ2) is 6.92. The third kappa shape index (κ3) is 3.55. The Kier molecular flexibility index (Phi) is 5.21. The first kappa shape index (κ1) is 15.8. The number of nitrogens with zero attached hydrogens (tertiary/aromatic N) is 1. The van der Waals surface area contributed by atoms with Crippen molar-refractivity contribution in [2.45, 2.75) is 6.54 Å². The van der Waals surface area contributed by atoms with E-state index in [2.05, 4.69) is 37.2 Å². The number of nitriles is 1.